The maximum absolute atomic E-state index is 13.5. The van der Waals surface area contributed by atoms with Gasteiger partial charge in [0.25, 0.3) is 0 Å². The highest BCUT2D eigenvalue weighted by Crippen LogP contribution is 2.32. The van der Waals surface area contributed by atoms with Gasteiger partial charge in [0.1, 0.15) is 5.75 Å². The van der Waals surface area contributed by atoms with Crippen molar-refractivity contribution in [1.82, 2.24) is 14.9 Å². The van der Waals surface area contributed by atoms with E-state index in [1.165, 1.54) is 0 Å². The molecule has 1 amide bonds. The molecule has 6 heteroatoms. The van der Waals surface area contributed by atoms with E-state index in [2.05, 4.69) is 33.1 Å². The van der Waals surface area contributed by atoms with Gasteiger partial charge < -0.3 is 14.5 Å². The normalized spacial score (nSPS) is 20.1. The minimum atomic E-state index is 0.0478. The summed E-state index contributed by atoms with van der Waals surface area (Å²) in [6, 6.07) is 9.99. The number of allylic oxidation sites excluding steroid dienone is 1. The van der Waals surface area contributed by atoms with Gasteiger partial charge >= 0.3 is 0 Å². The Morgan fingerprint density at radius 2 is 1.81 bits per heavy atom. The zero-order valence-corrected chi connectivity index (χ0v) is 18.8. The average molecular weight is 421 g/mol. The molecule has 1 fully saturated rings. The first-order valence-corrected chi connectivity index (χ1v) is 11.2. The Morgan fingerprint density at radius 1 is 1.06 bits per heavy atom. The molecule has 1 atom stereocenters. The van der Waals surface area contributed by atoms with Gasteiger partial charge in [-0.25, -0.2) is 9.97 Å². The average Bonchev–Trinajstić information content (AvgIpc) is 2.95. The van der Waals surface area contributed by atoms with Crippen LogP contribution in [-0.4, -0.2) is 47.5 Å². The van der Waals surface area contributed by atoms with Crippen LogP contribution >= 0.6 is 0 Å². The summed E-state index contributed by atoms with van der Waals surface area (Å²) < 4.78 is 5.34. The second kappa shape index (κ2) is 9.50. The molecular weight excluding hydrogens is 388 g/mol. The molecule has 1 aromatic heterocycles. The largest absolute Gasteiger partial charge is 0.497 e. The number of rotatable bonds is 5. The van der Waals surface area contributed by atoms with Gasteiger partial charge in [0.2, 0.25) is 11.9 Å². The SMILES string of the molecule is COc1cccc(CN2CC=CCC(C3CCN(c4nc(C)cc(C)n4)CC3)C2=O)c1. The molecule has 0 bridgehead atoms. The van der Waals surface area contributed by atoms with E-state index in [1.807, 2.05) is 43.0 Å². The Kier molecular flexibility index (Phi) is 6.54. The highest BCUT2D eigenvalue weighted by molar-refractivity contribution is 5.80. The smallest absolute Gasteiger partial charge is 0.226 e. The number of aromatic nitrogens is 2. The molecule has 2 aliphatic heterocycles. The third-order valence-electron chi connectivity index (χ3n) is 6.38. The maximum atomic E-state index is 13.5. The van der Waals surface area contributed by atoms with Gasteiger partial charge in [-0.3, -0.25) is 4.79 Å². The number of hydrogen-bond donors (Lipinski definition) is 0. The van der Waals surface area contributed by atoms with Crippen LogP contribution in [0.2, 0.25) is 0 Å². The number of carbonyl (C=O) groups excluding carboxylic acids is 1. The molecule has 0 radical (unpaired) electrons. The number of ether oxygens (including phenoxy) is 1. The van der Waals surface area contributed by atoms with Gasteiger partial charge in [-0.2, -0.15) is 0 Å². The molecule has 1 saturated heterocycles. The molecule has 2 aromatic rings. The third kappa shape index (κ3) is 5.06. The van der Waals surface area contributed by atoms with E-state index < -0.39 is 0 Å². The number of methoxy groups -OCH3 is 1. The minimum Gasteiger partial charge on any atom is -0.497 e. The van der Waals surface area contributed by atoms with Crippen LogP contribution in [0, 0.1) is 25.7 Å². The van der Waals surface area contributed by atoms with Gasteiger partial charge in [0, 0.05) is 43.5 Å². The lowest BCUT2D eigenvalue weighted by Gasteiger charge is -2.36. The maximum Gasteiger partial charge on any atom is 0.226 e. The fourth-order valence-electron chi connectivity index (χ4n) is 4.75. The molecule has 1 unspecified atom stereocenters. The van der Waals surface area contributed by atoms with Crippen molar-refractivity contribution in [3.63, 3.8) is 0 Å². The van der Waals surface area contributed by atoms with Gasteiger partial charge in [-0.1, -0.05) is 24.3 Å². The lowest BCUT2D eigenvalue weighted by Crippen LogP contribution is -2.42. The van der Waals surface area contributed by atoms with Crippen molar-refractivity contribution in [3.05, 3.63) is 59.4 Å². The van der Waals surface area contributed by atoms with Gasteiger partial charge in [0.15, 0.2) is 0 Å². The van der Waals surface area contributed by atoms with Crippen LogP contribution in [0.15, 0.2) is 42.5 Å². The lowest BCUT2D eigenvalue weighted by molar-refractivity contribution is -0.137. The standard InChI is InChI=1S/C25H32N4O2/c1-18-15-19(2)27-25(26-18)28-13-10-21(11-14-28)23-9-4-5-12-29(24(23)30)17-20-7-6-8-22(16-20)31-3/h4-8,15-16,21,23H,9-14,17H2,1-3H3. The lowest BCUT2D eigenvalue weighted by atomic mass is 9.81. The number of benzene rings is 1. The highest BCUT2D eigenvalue weighted by atomic mass is 16.5. The molecule has 3 heterocycles. The summed E-state index contributed by atoms with van der Waals surface area (Å²) in [6.45, 7) is 7.11. The Bertz CT molecular complexity index is 930. The summed E-state index contributed by atoms with van der Waals surface area (Å²) in [4.78, 5) is 26.9. The molecule has 164 valence electrons. The number of hydrogen-bond acceptors (Lipinski definition) is 5. The molecule has 6 nitrogen and oxygen atoms in total. The summed E-state index contributed by atoms with van der Waals surface area (Å²) in [5.41, 5.74) is 3.10. The van der Waals surface area contributed by atoms with Crippen molar-refractivity contribution < 1.29 is 9.53 Å². The summed E-state index contributed by atoms with van der Waals surface area (Å²) >= 11 is 0. The molecule has 2 aliphatic rings. The second-order valence-corrected chi connectivity index (χ2v) is 8.66. The van der Waals surface area contributed by atoms with Crippen LogP contribution in [0.5, 0.6) is 5.75 Å². The number of anilines is 1. The molecule has 1 aromatic carbocycles. The Morgan fingerprint density at radius 3 is 2.52 bits per heavy atom. The number of piperidine rings is 1. The number of nitrogens with zero attached hydrogens (tertiary/aromatic N) is 4. The molecule has 4 rings (SSSR count). The Labute approximate surface area is 184 Å². The van der Waals surface area contributed by atoms with Crippen LogP contribution in [0.3, 0.4) is 0 Å². The van der Waals surface area contributed by atoms with Crippen molar-refractivity contribution in [1.29, 1.82) is 0 Å². The topological polar surface area (TPSA) is 58.6 Å². The van der Waals surface area contributed by atoms with Crippen molar-refractivity contribution in [3.8, 4) is 5.75 Å². The molecule has 0 aliphatic carbocycles. The van der Waals surface area contributed by atoms with Gasteiger partial charge in [-0.15, -0.1) is 0 Å². The Hall–Kier alpha value is -2.89. The zero-order chi connectivity index (χ0) is 21.8. The molecule has 0 N–H and O–H groups in total. The summed E-state index contributed by atoms with van der Waals surface area (Å²) in [5, 5.41) is 0. The van der Waals surface area contributed by atoms with Crippen LogP contribution < -0.4 is 9.64 Å². The van der Waals surface area contributed by atoms with E-state index >= 15 is 0 Å². The van der Waals surface area contributed by atoms with Gasteiger partial charge in [0.05, 0.1) is 7.11 Å². The molecule has 0 spiro atoms. The van der Waals surface area contributed by atoms with Crippen molar-refractivity contribution in [2.45, 2.75) is 39.7 Å². The van der Waals surface area contributed by atoms with E-state index in [4.69, 9.17) is 4.74 Å². The van der Waals surface area contributed by atoms with Gasteiger partial charge in [-0.05, 0) is 62.8 Å². The minimum absolute atomic E-state index is 0.0478. The highest BCUT2D eigenvalue weighted by Gasteiger charge is 2.34. The quantitative estimate of drug-likeness (QED) is 0.686. The van der Waals surface area contributed by atoms with E-state index in [0.717, 1.165) is 61.0 Å². The first kappa shape index (κ1) is 21.3. The monoisotopic (exact) mass is 420 g/mol. The van der Waals surface area contributed by atoms with Crippen LogP contribution in [0.1, 0.15) is 36.2 Å². The summed E-state index contributed by atoms with van der Waals surface area (Å²) in [5.74, 6) is 2.36. The predicted molar refractivity (Wildman–Crippen MR) is 122 cm³/mol. The first-order valence-electron chi connectivity index (χ1n) is 11.2. The van der Waals surface area contributed by atoms with E-state index in [0.29, 0.717) is 19.0 Å². The van der Waals surface area contributed by atoms with E-state index in [-0.39, 0.29) is 11.8 Å². The van der Waals surface area contributed by atoms with Crippen molar-refractivity contribution in [2.75, 3.05) is 31.6 Å². The second-order valence-electron chi connectivity index (χ2n) is 8.66. The van der Waals surface area contributed by atoms with Crippen molar-refractivity contribution >= 4 is 11.9 Å². The first-order chi connectivity index (χ1) is 15.0. The Balaban J connectivity index is 1.42. The summed E-state index contributed by atoms with van der Waals surface area (Å²) in [7, 11) is 1.67. The fraction of sp³-hybridized carbons (Fsp3) is 0.480. The van der Waals surface area contributed by atoms with Crippen LogP contribution in [-0.2, 0) is 11.3 Å². The van der Waals surface area contributed by atoms with Crippen LogP contribution in [0.25, 0.3) is 0 Å². The fourth-order valence-corrected chi connectivity index (χ4v) is 4.75. The molecule has 0 saturated carbocycles. The number of aryl methyl sites for hydroxylation is 2. The number of carbonyl (C=O) groups is 1. The number of amides is 1. The van der Waals surface area contributed by atoms with Crippen LogP contribution in [0.4, 0.5) is 5.95 Å². The molecular formula is C25H32N4O2. The zero-order valence-electron chi connectivity index (χ0n) is 18.8. The third-order valence-corrected chi connectivity index (χ3v) is 6.38. The van der Waals surface area contributed by atoms with E-state index in [1.54, 1.807) is 7.11 Å². The van der Waals surface area contributed by atoms with Crippen molar-refractivity contribution in [2.24, 2.45) is 11.8 Å². The summed E-state index contributed by atoms with van der Waals surface area (Å²) in [6.07, 6.45) is 7.14. The van der Waals surface area contributed by atoms with E-state index in [9.17, 15) is 4.79 Å². The predicted octanol–water partition coefficient (Wildman–Crippen LogP) is 3.92. The molecule has 31 heavy (non-hydrogen) atoms.